The van der Waals surface area contributed by atoms with Crippen LogP contribution < -0.4 is 4.74 Å². The fourth-order valence-electron chi connectivity index (χ4n) is 17.1. The summed E-state index contributed by atoms with van der Waals surface area (Å²) < 4.78 is 99.7. The summed E-state index contributed by atoms with van der Waals surface area (Å²) in [4.78, 5) is 0. The number of aryl methyl sites for hydroxylation is 4. The molecule has 7 heteroatoms. The molecule has 0 N–H and O–H groups in total. The monoisotopic (exact) mass is 1580 g/mol. The van der Waals surface area contributed by atoms with Crippen LogP contribution >= 0.6 is 0 Å². The molecule has 0 unspecified atom stereocenters. The van der Waals surface area contributed by atoms with Crippen molar-refractivity contribution in [2.24, 2.45) is 0 Å². The fraction of sp³-hybridized carbons (Fsp3) is 0.0526. The summed E-state index contributed by atoms with van der Waals surface area (Å²) in [5, 5.41) is 0. The standard InChI is InChI=1S/C114H80F6O/c1-73-41-44-77(45-42-73)78-47-55-89(56-48-78)107-101(83-26-11-5-12-27-83)103(85-30-15-7-16-31-85)108(104(86-32-17-8-18-33-86)102(107)84-28-13-6-14-29-84)90-57-49-79(50-58-90)80-63-66-98(67-64-80)121-100-68-65-94(72-99(100)114(118,119)120)82-53-61-92(62-54-82)110-106(88-36-21-10-22-37-88)105(87-34-19-9-20-35-87)109(91-59-51-81(52-60-91)93-46-43-75(3)76(4)70-93)111(95-38-23-25-74(2)69-95)112(110)96-39-24-40-97(71-96)113(115,116)117/h5-72H,1-4H3. The molecule has 0 amide bonds. The highest BCUT2D eigenvalue weighted by atomic mass is 19.4. The van der Waals surface area contributed by atoms with Crippen LogP contribution in [0, 0.1) is 27.7 Å². The van der Waals surface area contributed by atoms with Crippen LogP contribution in [0.15, 0.2) is 413 Å². The first-order valence-electron chi connectivity index (χ1n) is 40.6. The summed E-state index contributed by atoms with van der Waals surface area (Å²) in [5.74, 6) is -0.167. The number of benzene rings is 18. The molecule has 0 radical (unpaired) electrons. The van der Waals surface area contributed by atoms with Crippen LogP contribution in [0.1, 0.15) is 33.4 Å². The van der Waals surface area contributed by atoms with Crippen molar-refractivity contribution >= 4 is 0 Å². The van der Waals surface area contributed by atoms with Gasteiger partial charge in [-0.15, -0.1) is 0 Å². The lowest BCUT2D eigenvalue weighted by Crippen LogP contribution is -2.07. The Morgan fingerprint density at radius 2 is 0.430 bits per heavy atom. The number of hydrogen-bond acceptors (Lipinski definition) is 1. The number of hydrogen-bond donors (Lipinski definition) is 0. The summed E-state index contributed by atoms with van der Waals surface area (Å²) in [7, 11) is 0. The van der Waals surface area contributed by atoms with Crippen molar-refractivity contribution in [1.82, 2.24) is 0 Å². The molecule has 0 saturated carbocycles. The minimum absolute atomic E-state index is 0.209. The molecule has 18 rings (SSSR count). The second kappa shape index (κ2) is 33.0. The maximum absolute atomic E-state index is 15.8. The Morgan fingerprint density at radius 1 is 0.174 bits per heavy atom. The zero-order chi connectivity index (χ0) is 82.9. The van der Waals surface area contributed by atoms with Gasteiger partial charge in [0, 0.05) is 0 Å². The van der Waals surface area contributed by atoms with E-state index in [-0.39, 0.29) is 17.1 Å². The third-order valence-corrected chi connectivity index (χ3v) is 23.1. The average Bonchev–Trinajstić information content (AvgIpc) is 0.718. The Morgan fingerprint density at radius 3 is 0.752 bits per heavy atom. The van der Waals surface area contributed by atoms with E-state index in [1.807, 2.05) is 97.9 Å². The van der Waals surface area contributed by atoms with E-state index in [2.05, 4.69) is 276 Å². The smallest absolute Gasteiger partial charge is 0.420 e. The molecular weight excluding hydrogens is 1500 g/mol. The maximum atomic E-state index is 15.8. The van der Waals surface area contributed by atoms with Crippen molar-refractivity contribution in [3.63, 3.8) is 0 Å². The Bertz CT molecular complexity index is 6680. The lowest BCUT2D eigenvalue weighted by Gasteiger charge is -2.29. The van der Waals surface area contributed by atoms with E-state index in [9.17, 15) is 0 Å². The van der Waals surface area contributed by atoms with Gasteiger partial charge in [-0.3, -0.25) is 0 Å². The van der Waals surface area contributed by atoms with Gasteiger partial charge in [0.1, 0.15) is 11.5 Å². The third kappa shape index (κ3) is 15.7. The van der Waals surface area contributed by atoms with E-state index in [1.165, 1.54) is 29.3 Å². The number of alkyl halides is 6. The average molecular weight is 1580 g/mol. The zero-order valence-corrected chi connectivity index (χ0v) is 66.9. The van der Waals surface area contributed by atoms with Crippen LogP contribution in [0.25, 0.3) is 178 Å². The number of ether oxygens (including phenoxy) is 1. The summed E-state index contributed by atoms with van der Waals surface area (Å²) in [5.41, 5.74) is 30.7. The molecule has 0 aromatic heterocycles. The Labute approximate surface area is 702 Å². The fourth-order valence-corrected chi connectivity index (χ4v) is 17.1. The molecule has 0 spiro atoms. The lowest BCUT2D eigenvalue weighted by atomic mass is 9.74. The molecule has 0 bridgehead atoms. The van der Waals surface area contributed by atoms with E-state index in [4.69, 9.17) is 4.74 Å². The molecule has 18 aromatic carbocycles. The molecule has 121 heavy (non-hydrogen) atoms. The van der Waals surface area contributed by atoms with Gasteiger partial charge in [-0.05, 0) is 253 Å². The second-order valence-corrected chi connectivity index (χ2v) is 31.0. The highest BCUT2D eigenvalue weighted by Gasteiger charge is 2.37. The van der Waals surface area contributed by atoms with Gasteiger partial charge in [-0.2, -0.15) is 26.3 Å². The van der Waals surface area contributed by atoms with Crippen LogP contribution in [0.2, 0.25) is 0 Å². The van der Waals surface area contributed by atoms with Crippen LogP contribution in [-0.4, -0.2) is 0 Å². The largest absolute Gasteiger partial charge is 0.457 e. The van der Waals surface area contributed by atoms with Gasteiger partial charge in [-0.25, -0.2) is 0 Å². The topological polar surface area (TPSA) is 9.23 Å². The highest BCUT2D eigenvalue weighted by Crippen LogP contribution is 2.59. The molecule has 0 aliphatic rings. The molecule has 0 aliphatic carbocycles. The van der Waals surface area contributed by atoms with E-state index < -0.39 is 23.5 Å². The zero-order valence-electron chi connectivity index (χ0n) is 66.9. The van der Waals surface area contributed by atoms with Crippen molar-refractivity contribution in [2.75, 3.05) is 0 Å². The number of rotatable bonds is 18. The number of halogens is 6. The van der Waals surface area contributed by atoms with Crippen LogP contribution in [0.4, 0.5) is 26.3 Å². The van der Waals surface area contributed by atoms with Crippen molar-refractivity contribution < 1.29 is 31.1 Å². The Kier molecular flexibility index (Phi) is 21.2. The molecule has 0 aliphatic heterocycles. The van der Waals surface area contributed by atoms with Crippen molar-refractivity contribution in [3.05, 3.63) is 446 Å². The maximum Gasteiger partial charge on any atom is 0.420 e. The van der Waals surface area contributed by atoms with E-state index >= 15 is 26.3 Å². The second-order valence-electron chi connectivity index (χ2n) is 31.0. The van der Waals surface area contributed by atoms with Gasteiger partial charge in [0.15, 0.2) is 0 Å². The molecule has 18 aromatic rings. The van der Waals surface area contributed by atoms with E-state index in [0.717, 1.165) is 162 Å². The van der Waals surface area contributed by atoms with Gasteiger partial charge >= 0.3 is 12.4 Å². The van der Waals surface area contributed by atoms with Gasteiger partial charge in [0.2, 0.25) is 0 Å². The van der Waals surface area contributed by atoms with Gasteiger partial charge < -0.3 is 4.74 Å². The highest BCUT2D eigenvalue weighted by molar-refractivity contribution is 6.17. The van der Waals surface area contributed by atoms with Crippen LogP contribution in [0.5, 0.6) is 11.5 Å². The SMILES string of the molecule is Cc1ccc(-c2ccc(-c3c(-c4ccccc4)c(-c4ccccc4)c(-c4ccc(-c5ccc(Oc6ccc(-c7ccc(-c8c(-c9ccccc9)c(-c9ccccc9)c(-c9ccc(-c%10ccc(C)c(C)c%10)cc9)c(-c9cccc(C)c9)c8-c8cccc(C(F)(F)F)c8)cc7)cc6C(F)(F)F)cc5)cc4)c(-c4ccccc4)c3-c3ccccc3)cc2)cc1. The van der Waals surface area contributed by atoms with Gasteiger partial charge in [0.05, 0.1) is 11.1 Å². The molecular formula is C114H80F6O. The van der Waals surface area contributed by atoms with Gasteiger partial charge in [0.25, 0.3) is 0 Å². The minimum Gasteiger partial charge on any atom is -0.457 e. The van der Waals surface area contributed by atoms with E-state index in [0.29, 0.717) is 33.4 Å². The van der Waals surface area contributed by atoms with Crippen LogP contribution in [0.3, 0.4) is 0 Å². The molecule has 0 atom stereocenters. The molecule has 0 saturated heterocycles. The quantitative estimate of drug-likeness (QED) is 0.0778. The summed E-state index contributed by atoms with van der Waals surface area (Å²) >= 11 is 0. The predicted octanol–water partition coefficient (Wildman–Crippen LogP) is 33.4. The first-order valence-corrected chi connectivity index (χ1v) is 40.6. The third-order valence-electron chi connectivity index (χ3n) is 23.1. The Balaban J connectivity index is 0.730. The summed E-state index contributed by atoms with van der Waals surface area (Å²) in [6, 6.07) is 136. The van der Waals surface area contributed by atoms with Crippen LogP contribution in [-0.2, 0) is 12.4 Å². The van der Waals surface area contributed by atoms with Crippen molar-refractivity contribution in [3.8, 4) is 190 Å². The first-order chi connectivity index (χ1) is 58.9. The molecule has 0 heterocycles. The summed E-state index contributed by atoms with van der Waals surface area (Å²) in [6.07, 6.45) is -9.55. The normalized spacial score (nSPS) is 11.6. The Hall–Kier alpha value is -14.7. The molecule has 0 fully saturated rings. The van der Waals surface area contributed by atoms with Crippen molar-refractivity contribution in [1.29, 1.82) is 0 Å². The first kappa shape index (κ1) is 77.6. The van der Waals surface area contributed by atoms with Crippen molar-refractivity contribution in [2.45, 2.75) is 40.0 Å². The summed E-state index contributed by atoms with van der Waals surface area (Å²) in [6.45, 7) is 8.29. The van der Waals surface area contributed by atoms with Gasteiger partial charge in [-0.1, -0.05) is 387 Å². The molecule has 584 valence electrons. The lowest BCUT2D eigenvalue weighted by molar-refractivity contribution is -0.139. The minimum atomic E-state index is -4.85. The predicted molar refractivity (Wildman–Crippen MR) is 489 cm³/mol. The van der Waals surface area contributed by atoms with E-state index in [1.54, 1.807) is 36.4 Å². The molecule has 1 nitrogen and oxygen atoms in total.